The number of ketones is 1. The van der Waals surface area contributed by atoms with E-state index in [9.17, 15) is 14.4 Å². The maximum absolute atomic E-state index is 12.3. The van der Waals surface area contributed by atoms with Crippen molar-refractivity contribution >= 4 is 17.6 Å². The van der Waals surface area contributed by atoms with E-state index >= 15 is 0 Å². The van der Waals surface area contributed by atoms with Gasteiger partial charge >= 0.3 is 0 Å². The predicted molar refractivity (Wildman–Crippen MR) is 70.8 cm³/mol. The zero-order chi connectivity index (χ0) is 14.0. The van der Waals surface area contributed by atoms with Crippen molar-refractivity contribution in [2.75, 3.05) is 6.54 Å². The fourth-order valence-corrected chi connectivity index (χ4v) is 2.40. The molecule has 0 aromatic heterocycles. The van der Waals surface area contributed by atoms with Crippen LogP contribution < -0.4 is 0 Å². The van der Waals surface area contributed by atoms with Crippen LogP contribution in [0.3, 0.4) is 0 Å². The first-order valence-electron chi connectivity index (χ1n) is 6.53. The van der Waals surface area contributed by atoms with Crippen LogP contribution >= 0.6 is 0 Å². The molecule has 0 bridgehead atoms. The monoisotopic (exact) mass is 259 g/mol. The average Bonchev–Trinajstić information content (AvgIpc) is 2.38. The lowest BCUT2D eigenvalue weighted by atomic mass is 9.86. The molecule has 0 saturated heterocycles. The molecule has 0 N–H and O–H groups in total. The first-order chi connectivity index (χ1) is 9.07. The third-order valence-corrected chi connectivity index (χ3v) is 3.40. The highest BCUT2D eigenvalue weighted by atomic mass is 16.2. The van der Waals surface area contributed by atoms with Gasteiger partial charge in [-0.05, 0) is 25.0 Å². The summed E-state index contributed by atoms with van der Waals surface area (Å²) in [5, 5.41) is 0. The van der Waals surface area contributed by atoms with Gasteiger partial charge in [-0.25, -0.2) is 0 Å². The van der Waals surface area contributed by atoms with Gasteiger partial charge in [-0.1, -0.05) is 31.5 Å². The lowest BCUT2D eigenvalue weighted by Crippen LogP contribution is -2.46. The summed E-state index contributed by atoms with van der Waals surface area (Å²) in [6.07, 6.45) is 1.65. The summed E-state index contributed by atoms with van der Waals surface area (Å²) in [5.74, 6) is -1.71. The average molecular weight is 259 g/mol. The van der Waals surface area contributed by atoms with E-state index in [1.807, 2.05) is 6.92 Å². The number of amides is 2. The van der Waals surface area contributed by atoms with Crippen molar-refractivity contribution in [1.29, 1.82) is 0 Å². The van der Waals surface area contributed by atoms with Crippen molar-refractivity contribution in [3.8, 4) is 0 Å². The minimum atomic E-state index is -0.828. The molecule has 1 aliphatic heterocycles. The van der Waals surface area contributed by atoms with Crippen LogP contribution in [-0.2, 0) is 9.59 Å². The molecular weight excluding hydrogens is 242 g/mol. The van der Waals surface area contributed by atoms with Gasteiger partial charge in [0.2, 0.25) is 5.91 Å². The molecule has 1 aliphatic rings. The van der Waals surface area contributed by atoms with Gasteiger partial charge in [0.25, 0.3) is 5.91 Å². The van der Waals surface area contributed by atoms with E-state index in [1.54, 1.807) is 24.3 Å². The highest BCUT2D eigenvalue weighted by Gasteiger charge is 2.40. The van der Waals surface area contributed by atoms with Gasteiger partial charge in [0.15, 0.2) is 0 Å². The number of benzene rings is 1. The second-order valence-corrected chi connectivity index (χ2v) is 4.78. The largest absolute Gasteiger partial charge is 0.299 e. The number of carbonyl (C=O) groups is 3. The fraction of sp³-hybridized carbons (Fsp3) is 0.400. The summed E-state index contributed by atoms with van der Waals surface area (Å²) in [6.45, 7) is 3.77. The SMILES string of the molecule is CCCCN1C(=O)c2ccccc2C(C(C)=O)C1=O. The Morgan fingerprint density at radius 3 is 2.58 bits per heavy atom. The van der Waals surface area contributed by atoms with Crippen molar-refractivity contribution in [2.24, 2.45) is 0 Å². The molecule has 2 amide bonds. The molecule has 1 aromatic carbocycles. The van der Waals surface area contributed by atoms with Crippen LogP contribution in [-0.4, -0.2) is 29.0 Å². The van der Waals surface area contributed by atoms with Crippen LogP contribution in [0.5, 0.6) is 0 Å². The standard InChI is InChI=1S/C15H17NO3/c1-3-4-9-16-14(18)12-8-6-5-7-11(12)13(10(2)17)15(16)19/h5-8,13H,3-4,9H2,1-2H3. The minimum Gasteiger partial charge on any atom is -0.299 e. The van der Waals surface area contributed by atoms with Gasteiger partial charge in [0.1, 0.15) is 11.7 Å². The molecule has 100 valence electrons. The molecule has 0 fully saturated rings. The van der Waals surface area contributed by atoms with E-state index in [0.717, 1.165) is 12.8 Å². The number of hydrogen-bond donors (Lipinski definition) is 0. The molecule has 0 spiro atoms. The summed E-state index contributed by atoms with van der Waals surface area (Å²) in [5.41, 5.74) is 1.01. The number of rotatable bonds is 4. The molecule has 0 radical (unpaired) electrons. The van der Waals surface area contributed by atoms with Crippen molar-refractivity contribution in [3.05, 3.63) is 35.4 Å². The molecule has 2 rings (SSSR count). The van der Waals surface area contributed by atoms with E-state index in [0.29, 0.717) is 17.7 Å². The molecule has 1 aromatic rings. The number of unbranched alkanes of at least 4 members (excludes halogenated alkanes) is 1. The van der Waals surface area contributed by atoms with Gasteiger partial charge in [-0.15, -0.1) is 0 Å². The number of imide groups is 1. The van der Waals surface area contributed by atoms with E-state index in [2.05, 4.69) is 0 Å². The number of carbonyl (C=O) groups excluding carboxylic acids is 3. The van der Waals surface area contributed by atoms with Gasteiger partial charge in [-0.2, -0.15) is 0 Å². The fourth-order valence-electron chi connectivity index (χ4n) is 2.40. The number of nitrogens with zero attached hydrogens (tertiary/aromatic N) is 1. The van der Waals surface area contributed by atoms with E-state index < -0.39 is 5.92 Å². The van der Waals surface area contributed by atoms with Gasteiger partial charge in [0, 0.05) is 12.1 Å². The summed E-state index contributed by atoms with van der Waals surface area (Å²) >= 11 is 0. The van der Waals surface area contributed by atoms with E-state index in [1.165, 1.54) is 11.8 Å². The minimum absolute atomic E-state index is 0.216. The first-order valence-corrected chi connectivity index (χ1v) is 6.53. The number of Topliss-reactive ketones (excluding diaryl/α,β-unsaturated/α-hetero) is 1. The Labute approximate surface area is 112 Å². The Bertz CT molecular complexity index is 536. The maximum Gasteiger partial charge on any atom is 0.260 e. The molecule has 1 heterocycles. The molecule has 4 nitrogen and oxygen atoms in total. The number of hydrogen-bond acceptors (Lipinski definition) is 3. The Morgan fingerprint density at radius 2 is 1.95 bits per heavy atom. The van der Waals surface area contributed by atoms with Crippen LogP contribution in [0.25, 0.3) is 0 Å². The van der Waals surface area contributed by atoms with Crippen LogP contribution in [0.15, 0.2) is 24.3 Å². The van der Waals surface area contributed by atoms with Crippen molar-refractivity contribution in [2.45, 2.75) is 32.6 Å². The summed E-state index contributed by atoms with van der Waals surface area (Å²) in [4.78, 5) is 37.6. The Balaban J connectivity index is 2.47. The highest BCUT2D eigenvalue weighted by Crippen LogP contribution is 2.30. The lowest BCUT2D eigenvalue weighted by Gasteiger charge is -2.31. The smallest absolute Gasteiger partial charge is 0.260 e. The zero-order valence-corrected chi connectivity index (χ0v) is 11.2. The second kappa shape index (κ2) is 5.34. The van der Waals surface area contributed by atoms with E-state index in [-0.39, 0.29) is 17.6 Å². The molecule has 0 aliphatic carbocycles. The molecule has 19 heavy (non-hydrogen) atoms. The van der Waals surface area contributed by atoms with Crippen LogP contribution in [0, 0.1) is 0 Å². The van der Waals surface area contributed by atoms with Crippen LogP contribution in [0.4, 0.5) is 0 Å². The Morgan fingerprint density at radius 1 is 1.26 bits per heavy atom. The molecule has 1 atom stereocenters. The van der Waals surface area contributed by atoms with Crippen molar-refractivity contribution < 1.29 is 14.4 Å². The number of fused-ring (bicyclic) bond motifs is 1. The topological polar surface area (TPSA) is 54.5 Å². The molecule has 0 saturated carbocycles. The first kappa shape index (κ1) is 13.5. The summed E-state index contributed by atoms with van der Waals surface area (Å²) < 4.78 is 0. The molecular formula is C15H17NO3. The van der Waals surface area contributed by atoms with Crippen molar-refractivity contribution in [1.82, 2.24) is 4.90 Å². The predicted octanol–water partition coefficient (Wildman–Crippen LogP) is 2.14. The second-order valence-electron chi connectivity index (χ2n) is 4.78. The van der Waals surface area contributed by atoms with E-state index in [4.69, 9.17) is 0 Å². The molecule has 1 unspecified atom stereocenters. The summed E-state index contributed by atoms with van der Waals surface area (Å²) in [7, 11) is 0. The Hall–Kier alpha value is -1.97. The summed E-state index contributed by atoms with van der Waals surface area (Å²) in [6, 6.07) is 6.87. The highest BCUT2D eigenvalue weighted by molar-refractivity contribution is 6.18. The van der Waals surface area contributed by atoms with Crippen molar-refractivity contribution in [3.63, 3.8) is 0 Å². The van der Waals surface area contributed by atoms with Gasteiger partial charge in [-0.3, -0.25) is 19.3 Å². The maximum atomic E-state index is 12.3. The zero-order valence-electron chi connectivity index (χ0n) is 11.2. The van der Waals surface area contributed by atoms with Crippen LogP contribution in [0.2, 0.25) is 0 Å². The third-order valence-electron chi connectivity index (χ3n) is 3.40. The quantitative estimate of drug-likeness (QED) is 0.615. The van der Waals surface area contributed by atoms with Crippen LogP contribution in [0.1, 0.15) is 48.5 Å². The normalized spacial score (nSPS) is 18.4. The molecule has 4 heteroatoms. The Kier molecular flexibility index (Phi) is 3.79. The van der Waals surface area contributed by atoms with Gasteiger partial charge in [0.05, 0.1) is 0 Å². The van der Waals surface area contributed by atoms with Gasteiger partial charge < -0.3 is 0 Å². The lowest BCUT2D eigenvalue weighted by molar-refractivity contribution is -0.135. The third kappa shape index (κ3) is 2.30.